The number of pyridine rings is 1. The molecule has 0 saturated carbocycles. The molecule has 0 radical (unpaired) electrons. The fourth-order valence-electron chi connectivity index (χ4n) is 2.78. The highest BCUT2D eigenvalue weighted by atomic mass is 15.2. The van der Waals surface area contributed by atoms with Gasteiger partial charge in [0.2, 0.25) is 0 Å². The molecule has 0 fully saturated rings. The topological polar surface area (TPSA) is 70.8 Å². The Morgan fingerprint density at radius 2 is 1.91 bits per heavy atom. The van der Waals surface area contributed by atoms with Crippen LogP contribution in [0.15, 0.2) is 30.3 Å². The lowest BCUT2D eigenvalue weighted by atomic mass is 9.97. The van der Waals surface area contributed by atoms with Crippen LogP contribution in [0.2, 0.25) is 0 Å². The third-order valence-electron chi connectivity index (χ3n) is 3.97. The van der Waals surface area contributed by atoms with Crippen molar-refractivity contribution in [3.8, 4) is 11.3 Å². The summed E-state index contributed by atoms with van der Waals surface area (Å²) in [5, 5.41) is 7.98. The van der Waals surface area contributed by atoms with Gasteiger partial charge < -0.3 is 10.6 Å². The van der Waals surface area contributed by atoms with E-state index in [1.54, 1.807) is 0 Å². The first-order valence-corrected chi connectivity index (χ1v) is 7.41. The Balaban J connectivity index is 2.22. The lowest BCUT2D eigenvalue weighted by Gasteiger charge is -2.16. The first-order valence-electron chi connectivity index (χ1n) is 7.41. The maximum atomic E-state index is 6.00. The van der Waals surface area contributed by atoms with Crippen molar-refractivity contribution in [3.63, 3.8) is 0 Å². The number of H-pyrrole nitrogens is 1. The first kappa shape index (κ1) is 14.5. The molecule has 5 nitrogen and oxygen atoms in total. The Morgan fingerprint density at radius 3 is 2.59 bits per heavy atom. The number of nitrogens with two attached hydrogens (primary N) is 1. The summed E-state index contributed by atoms with van der Waals surface area (Å²) in [4.78, 5) is 6.97. The Morgan fingerprint density at radius 1 is 1.18 bits per heavy atom. The van der Waals surface area contributed by atoms with Gasteiger partial charge in [-0.15, -0.1) is 0 Å². The van der Waals surface area contributed by atoms with Gasteiger partial charge in [0.15, 0.2) is 11.5 Å². The van der Waals surface area contributed by atoms with Gasteiger partial charge in [-0.25, -0.2) is 4.98 Å². The van der Waals surface area contributed by atoms with Gasteiger partial charge in [-0.05, 0) is 38.6 Å². The predicted octanol–water partition coefficient (Wildman–Crippen LogP) is 2.62. The number of hydrogen-bond donors (Lipinski definition) is 2. The molecule has 22 heavy (non-hydrogen) atoms. The Hall–Kier alpha value is -2.40. The molecule has 0 aliphatic heterocycles. The Kier molecular flexibility index (Phi) is 3.81. The van der Waals surface area contributed by atoms with E-state index in [4.69, 9.17) is 10.7 Å². The second-order valence-corrected chi connectivity index (χ2v) is 5.82. The van der Waals surface area contributed by atoms with E-state index in [1.807, 2.05) is 18.2 Å². The number of nitrogen functional groups attached to an aromatic ring is 1. The summed E-state index contributed by atoms with van der Waals surface area (Å²) in [6, 6.07) is 10.3. The molecule has 0 amide bonds. The maximum Gasteiger partial charge on any atom is 0.158 e. The summed E-state index contributed by atoms with van der Waals surface area (Å²) < 4.78 is 0. The minimum atomic E-state index is 0.519. The summed E-state index contributed by atoms with van der Waals surface area (Å²) in [7, 11) is 4.16. The number of nitrogens with zero attached hydrogens (tertiary/aromatic N) is 3. The van der Waals surface area contributed by atoms with Crippen LogP contribution < -0.4 is 5.73 Å². The fraction of sp³-hybridized carbons (Fsp3) is 0.294. The molecule has 0 aliphatic rings. The molecule has 2 aromatic heterocycles. The normalized spacial score (nSPS) is 11.5. The van der Waals surface area contributed by atoms with Crippen molar-refractivity contribution in [2.24, 2.45) is 0 Å². The van der Waals surface area contributed by atoms with Gasteiger partial charge in [0.05, 0.1) is 11.1 Å². The number of benzene rings is 1. The summed E-state index contributed by atoms with van der Waals surface area (Å²) in [6.07, 6.45) is 0.927. The zero-order valence-corrected chi connectivity index (χ0v) is 13.2. The van der Waals surface area contributed by atoms with Crippen molar-refractivity contribution < 1.29 is 0 Å². The van der Waals surface area contributed by atoms with E-state index in [2.05, 4.69) is 48.2 Å². The van der Waals surface area contributed by atoms with Crippen molar-refractivity contribution in [1.82, 2.24) is 20.1 Å². The lowest BCUT2D eigenvalue weighted by Crippen LogP contribution is -2.16. The number of aryl methyl sites for hydroxylation is 1. The van der Waals surface area contributed by atoms with Crippen molar-refractivity contribution in [2.75, 3.05) is 26.4 Å². The summed E-state index contributed by atoms with van der Waals surface area (Å²) in [5.41, 5.74) is 11.3. The molecule has 2 heterocycles. The zero-order valence-electron chi connectivity index (χ0n) is 13.2. The third-order valence-corrected chi connectivity index (χ3v) is 3.97. The molecular formula is C17H21N5. The number of aromatic nitrogens is 3. The molecule has 5 heteroatoms. The molecular weight excluding hydrogens is 274 g/mol. The second-order valence-electron chi connectivity index (χ2n) is 5.82. The maximum absolute atomic E-state index is 6.00. The van der Waals surface area contributed by atoms with Crippen LogP contribution in [0, 0.1) is 6.92 Å². The predicted molar refractivity (Wildman–Crippen MR) is 90.7 cm³/mol. The molecule has 0 bridgehead atoms. The molecule has 3 N–H and O–H groups in total. The number of fused-ring (bicyclic) bond motifs is 1. The molecule has 1 aromatic carbocycles. The van der Waals surface area contributed by atoms with Crippen molar-refractivity contribution in [1.29, 1.82) is 0 Å². The van der Waals surface area contributed by atoms with Crippen LogP contribution in [0.4, 0.5) is 5.82 Å². The molecule has 3 aromatic rings. The standard InChI is InChI=1S/C17H21N5/c1-11-13(9-10-22(2)3)15(12-7-5-4-6-8-12)19-17-14(11)16(18)20-21-17/h4-8H,9-10H2,1-3H3,(H3,18,19,20,21). The molecule has 0 unspecified atom stereocenters. The number of likely N-dealkylation sites (N-methyl/N-ethyl adjacent to an activating group) is 1. The number of hydrogen-bond acceptors (Lipinski definition) is 4. The van der Waals surface area contributed by atoms with Gasteiger partial charge in [0.1, 0.15) is 0 Å². The lowest BCUT2D eigenvalue weighted by molar-refractivity contribution is 0.413. The van der Waals surface area contributed by atoms with E-state index in [-0.39, 0.29) is 0 Å². The van der Waals surface area contributed by atoms with Gasteiger partial charge in [-0.3, -0.25) is 5.10 Å². The largest absolute Gasteiger partial charge is 0.382 e. The monoisotopic (exact) mass is 295 g/mol. The van der Waals surface area contributed by atoms with Gasteiger partial charge >= 0.3 is 0 Å². The smallest absolute Gasteiger partial charge is 0.158 e. The average Bonchev–Trinajstić information content (AvgIpc) is 2.88. The summed E-state index contributed by atoms with van der Waals surface area (Å²) in [6.45, 7) is 3.07. The second kappa shape index (κ2) is 5.77. The molecule has 3 rings (SSSR count). The highest BCUT2D eigenvalue weighted by Gasteiger charge is 2.17. The number of aromatic amines is 1. The minimum absolute atomic E-state index is 0.519. The highest BCUT2D eigenvalue weighted by molar-refractivity contribution is 5.92. The van der Waals surface area contributed by atoms with Crippen LogP contribution in [0.5, 0.6) is 0 Å². The van der Waals surface area contributed by atoms with Gasteiger partial charge in [-0.2, -0.15) is 5.10 Å². The van der Waals surface area contributed by atoms with E-state index in [9.17, 15) is 0 Å². The molecule has 0 atom stereocenters. The molecule has 0 saturated heterocycles. The zero-order chi connectivity index (χ0) is 15.7. The third kappa shape index (κ3) is 2.55. The molecule has 0 spiro atoms. The van der Waals surface area contributed by atoms with Crippen molar-refractivity contribution >= 4 is 16.9 Å². The van der Waals surface area contributed by atoms with Crippen molar-refractivity contribution in [3.05, 3.63) is 41.5 Å². The van der Waals surface area contributed by atoms with E-state index in [1.165, 1.54) is 5.56 Å². The number of nitrogens with one attached hydrogen (secondary N) is 1. The van der Waals surface area contributed by atoms with Crippen LogP contribution in [0.1, 0.15) is 11.1 Å². The Bertz CT molecular complexity index is 790. The number of rotatable bonds is 4. The van der Waals surface area contributed by atoms with Crippen LogP contribution in [0.25, 0.3) is 22.3 Å². The van der Waals surface area contributed by atoms with Crippen LogP contribution in [-0.2, 0) is 6.42 Å². The number of anilines is 1. The van der Waals surface area contributed by atoms with E-state index < -0.39 is 0 Å². The van der Waals surface area contributed by atoms with Crippen LogP contribution in [-0.4, -0.2) is 40.7 Å². The fourth-order valence-corrected chi connectivity index (χ4v) is 2.78. The summed E-state index contributed by atoms with van der Waals surface area (Å²) in [5.74, 6) is 0.519. The van der Waals surface area contributed by atoms with Crippen LogP contribution >= 0.6 is 0 Å². The van der Waals surface area contributed by atoms with E-state index >= 15 is 0 Å². The van der Waals surface area contributed by atoms with Gasteiger partial charge in [-0.1, -0.05) is 30.3 Å². The van der Waals surface area contributed by atoms with Crippen molar-refractivity contribution in [2.45, 2.75) is 13.3 Å². The highest BCUT2D eigenvalue weighted by Crippen LogP contribution is 2.31. The minimum Gasteiger partial charge on any atom is -0.382 e. The summed E-state index contributed by atoms with van der Waals surface area (Å²) >= 11 is 0. The van der Waals surface area contributed by atoms with Gasteiger partial charge in [0, 0.05) is 12.1 Å². The quantitative estimate of drug-likeness (QED) is 0.776. The average molecular weight is 295 g/mol. The SMILES string of the molecule is Cc1c(CCN(C)C)c(-c2ccccc2)nc2[nH]nc(N)c12. The molecule has 114 valence electrons. The first-order chi connectivity index (χ1) is 10.6. The van der Waals surface area contributed by atoms with Crippen LogP contribution in [0.3, 0.4) is 0 Å². The van der Waals surface area contributed by atoms with E-state index in [0.29, 0.717) is 5.82 Å². The van der Waals surface area contributed by atoms with E-state index in [0.717, 1.165) is 40.8 Å². The van der Waals surface area contributed by atoms with Gasteiger partial charge in [0.25, 0.3) is 0 Å². The molecule has 0 aliphatic carbocycles. The Labute approximate surface area is 130 Å².